The lowest BCUT2D eigenvalue weighted by molar-refractivity contribution is -0.143. The largest absolute Gasteiger partial charge is 0.480 e. The molecule has 56 valence electrons. The van der Waals surface area contributed by atoms with Gasteiger partial charge in [-0.2, -0.15) is 0 Å². The molecule has 1 saturated heterocycles. The minimum absolute atomic E-state index is 0.544. The monoisotopic (exact) mass is 141 g/mol. The van der Waals surface area contributed by atoms with Crippen molar-refractivity contribution in [2.24, 2.45) is 0 Å². The van der Waals surface area contributed by atoms with Crippen LogP contribution in [0.4, 0.5) is 0 Å². The summed E-state index contributed by atoms with van der Waals surface area (Å²) in [5.41, 5.74) is 0.196. The van der Waals surface area contributed by atoms with Gasteiger partial charge < -0.3 is 5.11 Å². The van der Waals surface area contributed by atoms with E-state index in [0.29, 0.717) is 13.0 Å². The summed E-state index contributed by atoms with van der Waals surface area (Å²) in [7, 11) is 0. The van der Waals surface area contributed by atoms with E-state index in [2.05, 4.69) is 11.9 Å². The molecule has 1 fully saturated rings. The first-order chi connectivity index (χ1) is 4.54. The van der Waals surface area contributed by atoms with Gasteiger partial charge in [0.05, 0.1) is 0 Å². The minimum atomic E-state index is -0.800. The highest BCUT2D eigenvalue weighted by molar-refractivity contribution is 5.79. The van der Waals surface area contributed by atoms with Crippen LogP contribution in [0, 0.1) is 0 Å². The molecule has 0 aliphatic carbocycles. The van der Waals surface area contributed by atoms with Crippen molar-refractivity contribution in [3.8, 4) is 0 Å². The van der Waals surface area contributed by atoms with Gasteiger partial charge in [0.25, 0.3) is 0 Å². The van der Waals surface area contributed by atoms with Crippen LogP contribution in [-0.2, 0) is 4.79 Å². The number of aliphatic carboxylic acids is 1. The number of carboxylic acid groups (broad SMARTS) is 1. The van der Waals surface area contributed by atoms with Crippen molar-refractivity contribution in [1.29, 1.82) is 0 Å². The molecule has 0 saturated carbocycles. The van der Waals surface area contributed by atoms with E-state index in [-0.39, 0.29) is 0 Å². The Bertz CT molecular complexity index is 188. The summed E-state index contributed by atoms with van der Waals surface area (Å²) in [4.78, 5) is 10.6. The molecule has 1 atom stereocenters. The standard InChI is InChI=1S/C7H11NO2/c1-5-3-7(2,6(9)10)8-4-5/h8H,1,3-4H2,2H3,(H,9,10)/t7-/m0/s1. The van der Waals surface area contributed by atoms with E-state index in [1.54, 1.807) is 6.92 Å². The van der Waals surface area contributed by atoms with Crippen molar-refractivity contribution in [2.45, 2.75) is 18.9 Å². The van der Waals surface area contributed by atoms with Crippen LogP contribution in [0.15, 0.2) is 12.2 Å². The van der Waals surface area contributed by atoms with E-state index >= 15 is 0 Å². The Morgan fingerprint density at radius 3 is 2.70 bits per heavy atom. The maximum atomic E-state index is 10.6. The lowest BCUT2D eigenvalue weighted by Crippen LogP contribution is -2.44. The van der Waals surface area contributed by atoms with Gasteiger partial charge in [0.15, 0.2) is 0 Å². The van der Waals surface area contributed by atoms with Gasteiger partial charge in [0.2, 0.25) is 0 Å². The SMILES string of the molecule is C=C1CN[C@](C)(C(=O)O)C1. The Hall–Kier alpha value is -0.830. The third kappa shape index (κ3) is 1.04. The maximum absolute atomic E-state index is 10.6. The topological polar surface area (TPSA) is 49.3 Å². The summed E-state index contributed by atoms with van der Waals surface area (Å²) in [6.45, 7) is 6.01. The molecule has 0 aromatic heterocycles. The molecule has 3 heteroatoms. The van der Waals surface area contributed by atoms with Gasteiger partial charge in [-0.15, -0.1) is 0 Å². The normalized spacial score (nSPS) is 32.7. The van der Waals surface area contributed by atoms with E-state index in [1.165, 1.54) is 0 Å². The van der Waals surface area contributed by atoms with Gasteiger partial charge in [0.1, 0.15) is 5.54 Å². The van der Waals surface area contributed by atoms with Crippen LogP contribution in [0.2, 0.25) is 0 Å². The molecular weight excluding hydrogens is 130 g/mol. The van der Waals surface area contributed by atoms with Gasteiger partial charge in [-0.25, -0.2) is 0 Å². The first-order valence-electron chi connectivity index (χ1n) is 3.20. The molecule has 1 heterocycles. The highest BCUT2D eigenvalue weighted by Gasteiger charge is 2.37. The molecule has 1 rings (SSSR count). The fourth-order valence-electron chi connectivity index (χ4n) is 1.10. The van der Waals surface area contributed by atoms with Gasteiger partial charge in [-0.3, -0.25) is 10.1 Å². The average Bonchev–Trinajstić information content (AvgIpc) is 2.13. The lowest BCUT2D eigenvalue weighted by Gasteiger charge is -2.16. The molecule has 0 unspecified atom stereocenters. The highest BCUT2D eigenvalue weighted by atomic mass is 16.4. The number of nitrogens with one attached hydrogen (secondary N) is 1. The molecule has 0 bridgehead atoms. The predicted octanol–water partition coefficient (Wildman–Crippen LogP) is 0.379. The van der Waals surface area contributed by atoms with E-state index in [9.17, 15) is 4.79 Å². The molecule has 0 amide bonds. The Balaban J connectivity index is 2.72. The van der Waals surface area contributed by atoms with Gasteiger partial charge in [-0.1, -0.05) is 12.2 Å². The third-order valence-electron chi connectivity index (χ3n) is 1.80. The van der Waals surface area contributed by atoms with Gasteiger partial charge >= 0.3 is 5.97 Å². The van der Waals surface area contributed by atoms with Crippen molar-refractivity contribution in [1.82, 2.24) is 5.32 Å². The van der Waals surface area contributed by atoms with E-state index < -0.39 is 11.5 Å². The maximum Gasteiger partial charge on any atom is 0.323 e. The Labute approximate surface area is 59.7 Å². The first-order valence-corrected chi connectivity index (χ1v) is 3.20. The van der Waals surface area contributed by atoms with Crippen molar-refractivity contribution < 1.29 is 9.90 Å². The van der Waals surface area contributed by atoms with Crippen LogP contribution in [0.25, 0.3) is 0 Å². The molecule has 1 aliphatic heterocycles. The quantitative estimate of drug-likeness (QED) is 0.519. The van der Waals surface area contributed by atoms with Crippen LogP contribution in [0.5, 0.6) is 0 Å². The highest BCUT2D eigenvalue weighted by Crippen LogP contribution is 2.21. The smallest absolute Gasteiger partial charge is 0.323 e. The molecule has 0 aromatic rings. The summed E-state index contributed by atoms with van der Waals surface area (Å²) in [6, 6.07) is 0. The van der Waals surface area contributed by atoms with Crippen LogP contribution in [-0.4, -0.2) is 23.2 Å². The van der Waals surface area contributed by atoms with Gasteiger partial charge in [-0.05, 0) is 13.3 Å². The molecule has 3 nitrogen and oxygen atoms in total. The molecule has 0 spiro atoms. The molecular formula is C7H11NO2. The summed E-state index contributed by atoms with van der Waals surface area (Å²) >= 11 is 0. The lowest BCUT2D eigenvalue weighted by atomic mass is 9.99. The van der Waals surface area contributed by atoms with Crippen LogP contribution in [0.3, 0.4) is 0 Å². The average molecular weight is 141 g/mol. The number of hydrogen-bond acceptors (Lipinski definition) is 2. The summed E-state index contributed by atoms with van der Waals surface area (Å²) in [5.74, 6) is -0.800. The first kappa shape index (κ1) is 7.28. The Morgan fingerprint density at radius 2 is 2.50 bits per heavy atom. The zero-order chi connectivity index (χ0) is 7.78. The van der Waals surface area contributed by atoms with Crippen LogP contribution >= 0.6 is 0 Å². The number of carbonyl (C=O) groups is 1. The second-order valence-electron chi connectivity index (χ2n) is 2.92. The summed E-state index contributed by atoms with van der Waals surface area (Å²) < 4.78 is 0. The van der Waals surface area contributed by atoms with E-state index in [0.717, 1.165) is 5.57 Å². The minimum Gasteiger partial charge on any atom is -0.480 e. The third-order valence-corrected chi connectivity index (χ3v) is 1.80. The van der Waals surface area contributed by atoms with Crippen LogP contribution < -0.4 is 5.32 Å². The summed E-state index contributed by atoms with van der Waals surface area (Å²) in [6.07, 6.45) is 0.544. The van der Waals surface area contributed by atoms with E-state index in [1.807, 2.05) is 0 Å². The number of carboxylic acids is 1. The van der Waals surface area contributed by atoms with Crippen molar-refractivity contribution in [2.75, 3.05) is 6.54 Å². The Kier molecular flexibility index (Phi) is 1.52. The molecule has 0 radical (unpaired) electrons. The van der Waals surface area contributed by atoms with Crippen molar-refractivity contribution in [3.63, 3.8) is 0 Å². The molecule has 2 N–H and O–H groups in total. The summed E-state index contributed by atoms with van der Waals surface area (Å²) in [5, 5.41) is 11.6. The van der Waals surface area contributed by atoms with Crippen molar-refractivity contribution >= 4 is 5.97 Å². The van der Waals surface area contributed by atoms with Crippen molar-refractivity contribution in [3.05, 3.63) is 12.2 Å². The zero-order valence-electron chi connectivity index (χ0n) is 5.98. The van der Waals surface area contributed by atoms with Gasteiger partial charge in [0, 0.05) is 6.54 Å². The van der Waals surface area contributed by atoms with E-state index in [4.69, 9.17) is 5.11 Å². The number of rotatable bonds is 1. The van der Waals surface area contributed by atoms with Crippen LogP contribution in [0.1, 0.15) is 13.3 Å². The fourth-order valence-corrected chi connectivity index (χ4v) is 1.10. The Morgan fingerprint density at radius 1 is 1.90 bits per heavy atom. The second kappa shape index (κ2) is 2.09. The fraction of sp³-hybridized carbons (Fsp3) is 0.571. The second-order valence-corrected chi connectivity index (χ2v) is 2.92. The molecule has 0 aromatic carbocycles. The number of hydrogen-bond donors (Lipinski definition) is 2. The molecule has 10 heavy (non-hydrogen) atoms. The predicted molar refractivity (Wildman–Crippen MR) is 37.8 cm³/mol. The molecule has 1 aliphatic rings. The zero-order valence-corrected chi connectivity index (χ0v) is 5.98.